The van der Waals surface area contributed by atoms with Crippen LogP contribution in [0.1, 0.15) is 23.6 Å². The molecular formula is C23H29N4O2S+. The van der Waals surface area contributed by atoms with Gasteiger partial charge in [0.1, 0.15) is 6.54 Å². The molecule has 0 saturated heterocycles. The van der Waals surface area contributed by atoms with E-state index in [1.54, 1.807) is 14.2 Å². The number of hydrogen-bond acceptors (Lipinski definition) is 4. The van der Waals surface area contributed by atoms with E-state index in [2.05, 4.69) is 54.8 Å². The minimum atomic E-state index is 0.749. The molecule has 2 heterocycles. The summed E-state index contributed by atoms with van der Waals surface area (Å²) in [7, 11) is 3.37. The number of quaternary nitrogens is 1. The van der Waals surface area contributed by atoms with Gasteiger partial charge in [-0.1, -0.05) is 24.3 Å². The zero-order valence-corrected chi connectivity index (χ0v) is 18.9. The van der Waals surface area contributed by atoms with E-state index in [-0.39, 0.29) is 0 Å². The summed E-state index contributed by atoms with van der Waals surface area (Å²) in [6, 6.07) is 12.6. The summed E-state index contributed by atoms with van der Waals surface area (Å²) in [6.45, 7) is 7.73. The Kier molecular flexibility index (Phi) is 5.92. The number of ether oxygens (including phenoxy) is 2. The van der Waals surface area contributed by atoms with Crippen LogP contribution in [0.25, 0.3) is 11.4 Å². The first-order valence-electron chi connectivity index (χ1n) is 10.4. The maximum Gasteiger partial charge on any atom is 0.203 e. The highest BCUT2D eigenvalue weighted by atomic mass is 32.1. The van der Waals surface area contributed by atoms with Gasteiger partial charge in [0.25, 0.3) is 0 Å². The molecule has 6 nitrogen and oxygen atoms in total. The predicted octanol–water partition coefficient (Wildman–Crippen LogP) is 3.03. The first-order valence-corrected chi connectivity index (χ1v) is 10.8. The molecule has 0 radical (unpaired) electrons. The smallest absolute Gasteiger partial charge is 0.203 e. The summed E-state index contributed by atoms with van der Waals surface area (Å²) in [4.78, 5) is 1.43. The van der Waals surface area contributed by atoms with Crippen LogP contribution in [0.15, 0.2) is 36.4 Å². The molecule has 1 aliphatic heterocycles. The van der Waals surface area contributed by atoms with E-state index in [0.29, 0.717) is 0 Å². The molecule has 1 unspecified atom stereocenters. The molecule has 7 heteroatoms. The monoisotopic (exact) mass is 425 g/mol. The summed E-state index contributed by atoms with van der Waals surface area (Å²) in [5, 5.41) is 4.93. The Hall–Kier alpha value is -2.64. The van der Waals surface area contributed by atoms with Gasteiger partial charge in [0.15, 0.2) is 24.0 Å². The number of aromatic nitrogens is 3. The average molecular weight is 426 g/mol. The molecular weight excluding hydrogens is 396 g/mol. The number of hydrogen-bond donors (Lipinski definition) is 1. The molecule has 3 aromatic rings. The maximum atomic E-state index is 5.79. The highest BCUT2D eigenvalue weighted by Gasteiger charge is 2.24. The number of fused-ring (bicyclic) bond motifs is 1. The minimum Gasteiger partial charge on any atom is -0.493 e. The van der Waals surface area contributed by atoms with Crippen LogP contribution in [0, 0.1) is 11.7 Å². The summed E-state index contributed by atoms with van der Waals surface area (Å²) in [5.41, 5.74) is 4.98. The lowest BCUT2D eigenvalue weighted by atomic mass is 9.99. The Labute approximate surface area is 182 Å². The lowest BCUT2D eigenvalue weighted by Crippen LogP contribution is -3.11. The fourth-order valence-electron chi connectivity index (χ4n) is 4.23. The molecule has 1 aliphatic rings. The average Bonchev–Trinajstić information content (AvgIpc) is 3.07. The molecule has 0 fully saturated rings. The van der Waals surface area contributed by atoms with Crippen LogP contribution in [0.5, 0.6) is 11.5 Å². The molecule has 0 spiro atoms. The topological polar surface area (TPSA) is 45.7 Å². The van der Waals surface area contributed by atoms with E-state index >= 15 is 0 Å². The zero-order valence-electron chi connectivity index (χ0n) is 18.1. The third-order valence-corrected chi connectivity index (χ3v) is 6.32. The van der Waals surface area contributed by atoms with Crippen LogP contribution in [0.4, 0.5) is 0 Å². The van der Waals surface area contributed by atoms with Crippen molar-refractivity contribution >= 4 is 12.2 Å². The Balaban J connectivity index is 1.62. The van der Waals surface area contributed by atoms with Crippen LogP contribution in [-0.2, 0) is 26.2 Å². The van der Waals surface area contributed by atoms with Gasteiger partial charge in [-0.2, -0.15) is 4.68 Å². The Morgan fingerprint density at radius 3 is 2.47 bits per heavy atom. The van der Waals surface area contributed by atoms with Crippen molar-refractivity contribution in [1.29, 1.82) is 0 Å². The van der Waals surface area contributed by atoms with E-state index in [1.807, 2.05) is 4.68 Å². The van der Waals surface area contributed by atoms with Gasteiger partial charge in [-0.05, 0) is 49.3 Å². The van der Waals surface area contributed by atoms with Crippen molar-refractivity contribution in [2.24, 2.45) is 0 Å². The Bertz CT molecular complexity index is 1120. The third-order valence-electron chi connectivity index (χ3n) is 5.89. The van der Waals surface area contributed by atoms with Crippen molar-refractivity contribution in [1.82, 2.24) is 14.3 Å². The Morgan fingerprint density at radius 2 is 1.80 bits per heavy atom. The fourth-order valence-corrected chi connectivity index (χ4v) is 4.55. The lowest BCUT2D eigenvalue weighted by Gasteiger charge is -2.26. The quantitative estimate of drug-likeness (QED) is 0.617. The normalized spacial score (nSPS) is 15.7. The summed E-state index contributed by atoms with van der Waals surface area (Å²) in [6.07, 6.45) is 0.997. The van der Waals surface area contributed by atoms with E-state index < -0.39 is 0 Å². The van der Waals surface area contributed by atoms with Gasteiger partial charge in [-0.15, -0.1) is 5.10 Å². The first kappa shape index (κ1) is 20.6. The van der Waals surface area contributed by atoms with Gasteiger partial charge in [0.05, 0.1) is 20.8 Å². The largest absolute Gasteiger partial charge is 0.493 e. The van der Waals surface area contributed by atoms with Gasteiger partial charge >= 0.3 is 0 Å². The molecule has 1 atom stereocenters. The minimum absolute atomic E-state index is 0.749. The zero-order chi connectivity index (χ0) is 21.3. The van der Waals surface area contributed by atoms with E-state index in [0.717, 1.165) is 60.4 Å². The molecule has 0 amide bonds. The van der Waals surface area contributed by atoms with Gasteiger partial charge in [0.2, 0.25) is 4.77 Å². The molecule has 0 aliphatic carbocycles. The van der Waals surface area contributed by atoms with Crippen LogP contribution < -0.4 is 14.4 Å². The maximum absolute atomic E-state index is 5.79. The summed E-state index contributed by atoms with van der Waals surface area (Å²) >= 11 is 5.79. The number of benzene rings is 2. The molecule has 0 saturated carbocycles. The second-order valence-corrected chi connectivity index (χ2v) is 8.09. The van der Waals surface area contributed by atoms with E-state index in [4.69, 9.17) is 26.8 Å². The summed E-state index contributed by atoms with van der Waals surface area (Å²) in [5.74, 6) is 2.53. The number of rotatable bonds is 6. The van der Waals surface area contributed by atoms with Crippen LogP contribution in [0.2, 0.25) is 0 Å². The van der Waals surface area contributed by atoms with Gasteiger partial charge in [-0.25, -0.2) is 0 Å². The molecule has 1 aromatic heterocycles. The Morgan fingerprint density at radius 1 is 1.10 bits per heavy atom. The molecule has 1 N–H and O–H groups in total. The van der Waals surface area contributed by atoms with Gasteiger partial charge < -0.3 is 18.9 Å². The van der Waals surface area contributed by atoms with Gasteiger partial charge in [-0.3, -0.25) is 0 Å². The number of nitrogens with zero attached hydrogens (tertiary/aromatic N) is 3. The molecule has 4 rings (SSSR count). The molecule has 158 valence electrons. The number of nitrogens with one attached hydrogen (secondary N) is 1. The van der Waals surface area contributed by atoms with Crippen molar-refractivity contribution < 1.29 is 14.4 Å². The van der Waals surface area contributed by atoms with Crippen LogP contribution in [0.3, 0.4) is 0 Å². The molecule has 30 heavy (non-hydrogen) atoms. The van der Waals surface area contributed by atoms with E-state index in [1.165, 1.54) is 21.6 Å². The van der Waals surface area contributed by atoms with Crippen molar-refractivity contribution in [2.45, 2.75) is 40.0 Å². The van der Waals surface area contributed by atoms with Gasteiger partial charge in [0, 0.05) is 24.1 Å². The second-order valence-electron chi connectivity index (χ2n) is 7.73. The van der Waals surface area contributed by atoms with Crippen LogP contribution in [-0.4, -0.2) is 35.1 Å². The third kappa shape index (κ3) is 3.75. The highest BCUT2D eigenvalue weighted by molar-refractivity contribution is 7.71. The van der Waals surface area contributed by atoms with Crippen molar-refractivity contribution in [2.75, 3.05) is 20.8 Å². The number of aryl methyl sites for hydroxylation is 1. The SMILES string of the molecule is CCn1c(-c2ccccc2C)nn(C[NH+]2CCc3cc(OC)c(OC)cc3C2)c1=S. The fraction of sp³-hybridized carbons (Fsp3) is 0.391. The van der Waals surface area contributed by atoms with Crippen molar-refractivity contribution in [3.05, 3.63) is 57.9 Å². The van der Waals surface area contributed by atoms with Crippen molar-refractivity contribution in [3.63, 3.8) is 0 Å². The molecule has 0 bridgehead atoms. The highest BCUT2D eigenvalue weighted by Crippen LogP contribution is 2.31. The van der Waals surface area contributed by atoms with E-state index in [9.17, 15) is 0 Å². The second kappa shape index (κ2) is 8.62. The summed E-state index contributed by atoms with van der Waals surface area (Å²) < 4.78 is 15.8. The number of methoxy groups -OCH3 is 2. The van der Waals surface area contributed by atoms with Crippen LogP contribution >= 0.6 is 12.2 Å². The predicted molar refractivity (Wildman–Crippen MR) is 120 cm³/mol. The molecule has 2 aromatic carbocycles. The lowest BCUT2D eigenvalue weighted by molar-refractivity contribution is -0.939. The standard InChI is InChI=1S/C23H28N4O2S/c1-5-26-22(19-9-7-6-8-16(19)2)24-27(23(26)30)15-25-11-10-17-12-20(28-3)21(29-4)13-18(17)14-25/h6-9,12-13H,5,10-11,14-15H2,1-4H3/p+1. The first-order chi connectivity index (χ1) is 14.5. The van der Waals surface area contributed by atoms with Crippen molar-refractivity contribution in [3.8, 4) is 22.9 Å².